The molecular formula is C14H20BrClN2. The summed E-state index contributed by atoms with van der Waals surface area (Å²) in [7, 11) is 0. The van der Waals surface area contributed by atoms with Crippen molar-refractivity contribution in [3.8, 4) is 0 Å². The standard InChI is InChI=1S/C14H19BrN2.ClH/c15-12-3-1-2-11(8-12)10-17(13-4-5-13)14-6-7-16-9-14;/h1-3,8,13-14,16H,4-7,9-10H2;1H. The van der Waals surface area contributed by atoms with Crippen LogP contribution in [0.4, 0.5) is 0 Å². The normalized spacial score (nSPS) is 23.1. The number of hydrogen-bond donors (Lipinski definition) is 1. The Morgan fingerprint density at radius 2 is 2.06 bits per heavy atom. The maximum absolute atomic E-state index is 3.56. The zero-order valence-electron chi connectivity index (χ0n) is 10.4. The molecule has 2 fully saturated rings. The summed E-state index contributed by atoms with van der Waals surface area (Å²) in [6.45, 7) is 3.47. The third-order valence-corrected chi connectivity index (χ3v) is 4.27. The van der Waals surface area contributed by atoms with E-state index in [1.807, 2.05) is 0 Å². The molecule has 1 unspecified atom stereocenters. The van der Waals surface area contributed by atoms with Crippen LogP contribution in [0, 0.1) is 0 Å². The van der Waals surface area contributed by atoms with Crippen molar-refractivity contribution in [2.75, 3.05) is 13.1 Å². The minimum absolute atomic E-state index is 0. The van der Waals surface area contributed by atoms with Crippen molar-refractivity contribution >= 4 is 28.3 Å². The molecule has 1 atom stereocenters. The van der Waals surface area contributed by atoms with Gasteiger partial charge in [-0.05, 0) is 43.5 Å². The van der Waals surface area contributed by atoms with Gasteiger partial charge in [-0.2, -0.15) is 0 Å². The maximum Gasteiger partial charge on any atom is 0.0240 e. The van der Waals surface area contributed by atoms with Crippen molar-refractivity contribution in [1.29, 1.82) is 0 Å². The zero-order valence-corrected chi connectivity index (χ0v) is 12.8. The Labute approximate surface area is 124 Å². The van der Waals surface area contributed by atoms with Crippen molar-refractivity contribution < 1.29 is 0 Å². The Bertz CT molecular complexity index is 389. The van der Waals surface area contributed by atoms with Gasteiger partial charge in [0.15, 0.2) is 0 Å². The summed E-state index contributed by atoms with van der Waals surface area (Å²) < 4.78 is 1.19. The predicted octanol–water partition coefficient (Wildman–Crippen LogP) is 3.20. The molecule has 1 N–H and O–H groups in total. The minimum atomic E-state index is 0. The molecule has 100 valence electrons. The summed E-state index contributed by atoms with van der Waals surface area (Å²) in [5, 5.41) is 3.48. The van der Waals surface area contributed by atoms with E-state index in [2.05, 4.69) is 50.4 Å². The molecule has 1 saturated heterocycles. The number of benzene rings is 1. The molecule has 2 aliphatic rings. The molecule has 18 heavy (non-hydrogen) atoms. The van der Waals surface area contributed by atoms with Gasteiger partial charge in [-0.25, -0.2) is 0 Å². The molecule has 3 rings (SSSR count). The van der Waals surface area contributed by atoms with E-state index in [-0.39, 0.29) is 12.4 Å². The van der Waals surface area contributed by atoms with Crippen LogP contribution in [0.25, 0.3) is 0 Å². The van der Waals surface area contributed by atoms with Gasteiger partial charge in [0, 0.05) is 29.6 Å². The topological polar surface area (TPSA) is 15.3 Å². The van der Waals surface area contributed by atoms with Crippen molar-refractivity contribution in [1.82, 2.24) is 10.2 Å². The lowest BCUT2D eigenvalue weighted by Crippen LogP contribution is -2.38. The number of halogens is 2. The first kappa shape index (κ1) is 14.3. The molecule has 1 saturated carbocycles. The van der Waals surface area contributed by atoms with E-state index < -0.39 is 0 Å². The quantitative estimate of drug-likeness (QED) is 0.911. The molecule has 0 bridgehead atoms. The van der Waals surface area contributed by atoms with Crippen LogP contribution in [0.1, 0.15) is 24.8 Å². The highest BCUT2D eigenvalue weighted by Gasteiger charge is 2.34. The van der Waals surface area contributed by atoms with E-state index in [9.17, 15) is 0 Å². The van der Waals surface area contributed by atoms with E-state index in [1.165, 1.54) is 42.4 Å². The van der Waals surface area contributed by atoms with E-state index in [4.69, 9.17) is 0 Å². The number of hydrogen-bond acceptors (Lipinski definition) is 2. The zero-order chi connectivity index (χ0) is 11.7. The lowest BCUT2D eigenvalue weighted by atomic mass is 10.1. The Morgan fingerprint density at radius 3 is 2.67 bits per heavy atom. The predicted molar refractivity (Wildman–Crippen MR) is 81.2 cm³/mol. The van der Waals surface area contributed by atoms with E-state index in [0.29, 0.717) is 0 Å². The largest absolute Gasteiger partial charge is 0.315 e. The highest BCUT2D eigenvalue weighted by Crippen LogP contribution is 2.32. The Morgan fingerprint density at radius 1 is 1.22 bits per heavy atom. The van der Waals surface area contributed by atoms with Crippen LogP contribution in [0.5, 0.6) is 0 Å². The monoisotopic (exact) mass is 330 g/mol. The van der Waals surface area contributed by atoms with Gasteiger partial charge >= 0.3 is 0 Å². The van der Waals surface area contributed by atoms with Gasteiger partial charge in [0.05, 0.1) is 0 Å². The van der Waals surface area contributed by atoms with Crippen LogP contribution in [-0.4, -0.2) is 30.1 Å². The molecule has 0 radical (unpaired) electrons. The van der Waals surface area contributed by atoms with E-state index in [1.54, 1.807) is 0 Å². The SMILES string of the molecule is Brc1cccc(CN(C2CC2)C2CCNC2)c1.Cl. The third kappa shape index (κ3) is 3.47. The fourth-order valence-corrected chi connectivity index (χ4v) is 3.18. The van der Waals surface area contributed by atoms with E-state index in [0.717, 1.165) is 18.6 Å². The fraction of sp³-hybridized carbons (Fsp3) is 0.571. The second-order valence-electron chi connectivity index (χ2n) is 5.18. The van der Waals surface area contributed by atoms with Gasteiger partial charge in [0.2, 0.25) is 0 Å². The van der Waals surface area contributed by atoms with Crippen LogP contribution < -0.4 is 5.32 Å². The second kappa shape index (κ2) is 6.38. The molecule has 1 aliphatic carbocycles. The molecule has 0 amide bonds. The average molecular weight is 332 g/mol. The summed E-state index contributed by atoms with van der Waals surface area (Å²) in [6, 6.07) is 10.3. The lowest BCUT2D eigenvalue weighted by molar-refractivity contribution is 0.189. The van der Waals surface area contributed by atoms with Gasteiger partial charge in [-0.3, -0.25) is 4.90 Å². The molecular weight excluding hydrogens is 312 g/mol. The number of nitrogens with one attached hydrogen (secondary N) is 1. The fourth-order valence-electron chi connectivity index (χ4n) is 2.73. The van der Waals surface area contributed by atoms with Gasteiger partial charge < -0.3 is 5.32 Å². The number of rotatable bonds is 4. The van der Waals surface area contributed by atoms with Gasteiger partial charge in [-0.15, -0.1) is 12.4 Å². The first-order valence-corrected chi connectivity index (χ1v) is 7.33. The number of nitrogens with zero attached hydrogens (tertiary/aromatic N) is 1. The smallest absolute Gasteiger partial charge is 0.0240 e. The summed E-state index contributed by atoms with van der Waals surface area (Å²) >= 11 is 3.56. The maximum atomic E-state index is 3.56. The van der Waals surface area contributed by atoms with Crippen molar-refractivity contribution in [2.45, 2.75) is 37.9 Å². The van der Waals surface area contributed by atoms with Crippen molar-refractivity contribution in [3.63, 3.8) is 0 Å². The van der Waals surface area contributed by atoms with Gasteiger partial charge in [-0.1, -0.05) is 28.1 Å². The van der Waals surface area contributed by atoms with Crippen molar-refractivity contribution in [2.24, 2.45) is 0 Å². The Balaban J connectivity index is 0.00000120. The van der Waals surface area contributed by atoms with Crippen molar-refractivity contribution in [3.05, 3.63) is 34.3 Å². The molecule has 4 heteroatoms. The highest BCUT2D eigenvalue weighted by atomic mass is 79.9. The summed E-state index contributed by atoms with van der Waals surface area (Å²) in [4.78, 5) is 2.71. The first-order chi connectivity index (χ1) is 8.33. The molecule has 2 nitrogen and oxygen atoms in total. The summed E-state index contributed by atoms with van der Waals surface area (Å²) in [5.41, 5.74) is 1.43. The highest BCUT2D eigenvalue weighted by molar-refractivity contribution is 9.10. The first-order valence-electron chi connectivity index (χ1n) is 6.54. The minimum Gasteiger partial charge on any atom is -0.315 e. The molecule has 0 spiro atoms. The van der Waals surface area contributed by atoms with Crippen LogP contribution in [0.2, 0.25) is 0 Å². The van der Waals surface area contributed by atoms with Gasteiger partial charge in [0.1, 0.15) is 0 Å². The molecule has 1 aromatic rings. The van der Waals surface area contributed by atoms with Crippen LogP contribution in [0.15, 0.2) is 28.7 Å². The van der Waals surface area contributed by atoms with Crippen LogP contribution in [-0.2, 0) is 6.54 Å². The third-order valence-electron chi connectivity index (χ3n) is 3.77. The molecule has 1 aromatic carbocycles. The molecule has 1 heterocycles. The lowest BCUT2D eigenvalue weighted by Gasteiger charge is -2.28. The molecule has 1 aliphatic heterocycles. The van der Waals surface area contributed by atoms with Crippen LogP contribution in [0.3, 0.4) is 0 Å². The average Bonchev–Trinajstić information content (AvgIpc) is 3.01. The van der Waals surface area contributed by atoms with Crippen LogP contribution >= 0.6 is 28.3 Å². The molecule has 0 aromatic heterocycles. The Kier molecular flexibility index (Phi) is 5.07. The summed E-state index contributed by atoms with van der Waals surface area (Å²) in [5.74, 6) is 0. The summed E-state index contributed by atoms with van der Waals surface area (Å²) in [6.07, 6.45) is 4.10. The van der Waals surface area contributed by atoms with E-state index >= 15 is 0 Å². The Hall–Kier alpha value is -0.0900. The van der Waals surface area contributed by atoms with Gasteiger partial charge in [0.25, 0.3) is 0 Å². The second-order valence-corrected chi connectivity index (χ2v) is 6.10.